The zero-order chi connectivity index (χ0) is 28.5. The number of benzene rings is 2. The molecule has 0 saturated heterocycles. The molecule has 6 nitrogen and oxygen atoms in total. The molecular formula is C34H45N3O3. The number of carbonyl (C=O) groups excluding carboxylic acids is 3. The summed E-state index contributed by atoms with van der Waals surface area (Å²) in [5.41, 5.74) is 2.91. The van der Waals surface area contributed by atoms with Crippen LogP contribution in [0, 0.1) is 11.3 Å². The van der Waals surface area contributed by atoms with Gasteiger partial charge in [0.25, 0.3) is 11.8 Å². The van der Waals surface area contributed by atoms with Gasteiger partial charge in [0.1, 0.15) is 11.7 Å². The second kappa shape index (κ2) is 13.8. The molecular weight excluding hydrogens is 498 g/mol. The molecule has 2 aliphatic rings. The van der Waals surface area contributed by atoms with Crippen molar-refractivity contribution < 1.29 is 14.4 Å². The van der Waals surface area contributed by atoms with Crippen LogP contribution in [0.2, 0.25) is 0 Å². The number of rotatable bonds is 8. The number of hydrogen-bond acceptors (Lipinski definition) is 3. The second-order valence-electron chi connectivity index (χ2n) is 12.5. The van der Waals surface area contributed by atoms with Crippen molar-refractivity contribution in [2.75, 3.05) is 0 Å². The lowest BCUT2D eigenvalue weighted by Crippen LogP contribution is -2.52. The Bertz CT molecular complexity index is 1170. The highest BCUT2D eigenvalue weighted by molar-refractivity contribution is 6.04. The fraction of sp³-hybridized carbons (Fsp3) is 0.500. The summed E-state index contributed by atoms with van der Waals surface area (Å²) in [6.07, 6.45) is 9.16. The average Bonchev–Trinajstić information content (AvgIpc) is 2.96. The van der Waals surface area contributed by atoms with Gasteiger partial charge in [0.2, 0.25) is 5.91 Å². The highest BCUT2D eigenvalue weighted by atomic mass is 16.2. The van der Waals surface area contributed by atoms with Crippen LogP contribution in [0.15, 0.2) is 71.9 Å². The van der Waals surface area contributed by atoms with E-state index in [1.165, 1.54) is 6.42 Å². The van der Waals surface area contributed by atoms with Crippen LogP contribution in [0.1, 0.15) is 94.5 Å². The number of allylic oxidation sites excluding steroid dienone is 1. The van der Waals surface area contributed by atoms with E-state index in [-0.39, 0.29) is 23.3 Å². The van der Waals surface area contributed by atoms with Crippen LogP contribution >= 0.6 is 0 Å². The molecule has 214 valence electrons. The highest BCUT2D eigenvalue weighted by Gasteiger charge is 2.32. The summed E-state index contributed by atoms with van der Waals surface area (Å²) >= 11 is 0. The summed E-state index contributed by atoms with van der Waals surface area (Å²) in [6.45, 7) is 6.78. The van der Waals surface area contributed by atoms with Gasteiger partial charge in [-0.2, -0.15) is 0 Å². The van der Waals surface area contributed by atoms with Crippen molar-refractivity contribution in [3.63, 3.8) is 0 Å². The fourth-order valence-corrected chi connectivity index (χ4v) is 6.00. The molecule has 0 radical (unpaired) electrons. The minimum Gasteiger partial charge on any atom is -0.352 e. The zero-order valence-electron chi connectivity index (χ0n) is 24.3. The van der Waals surface area contributed by atoms with Gasteiger partial charge in [0.05, 0.1) is 0 Å². The molecule has 4 rings (SSSR count). The summed E-state index contributed by atoms with van der Waals surface area (Å²) < 4.78 is 0. The van der Waals surface area contributed by atoms with E-state index in [9.17, 15) is 14.4 Å². The molecule has 3 amide bonds. The summed E-state index contributed by atoms with van der Waals surface area (Å²) in [5.74, 6) is -0.326. The Morgan fingerprint density at radius 1 is 0.825 bits per heavy atom. The number of hydrogen-bond donors (Lipinski definition) is 3. The Hall–Kier alpha value is -3.41. The summed E-state index contributed by atoms with van der Waals surface area (Å²) in [7, 11) is 0. The lowest BCUT2D eigenvalue weighted by Gasteiger charge is -2.35. The third kappa shape index (κ3) is 8.30. The lowest BCUT2D eigenvalue weighted by molar-refractivity contribution is -0.128. The maximum absolute atomic E-state index is 13.9. The van der Waals surface area contributed by atoms with Crippen molar-refractivity contribution >= 4 is 17.7 Å². The molecule has 0 bridgehead atoms. The Morgan fingerprint density at radius 3 is 2.02 bits per heavy atom. The molecule has 2 saturated carbocycles. The fourth-order valence-electron chi connectivity index (χ4n) is 6.00. The van der Waals surface area contributed by atoms with Crippen LogP contribution in [0.4, 0.5) is 0 Å². The molecule has 2 fully saturated rings. The van der Waals surface area contributed by atoms with Gasteiger partial charge in [-0.25, -0.2) is 0 Å². The van der Waals surface area contributed by atoms with Crippen molar-refractivity contribution in [1.82, 2.24) is 16.0 Å². The molecule has 0 spiro atoms. The van der Waals surface area contributed by atoms with Gasteiger partial charge in [-0.05, 0) is 73.1 Å². The normalized spacial score (nSPS) is 18.9. The molecule has 0 unspecified atom stereocenters. The SMILES string of the molecule is CC(C)(C)C1CCC(=C(NC(=O)c2ccccc2)C(=O)N[C@@H](Cc2ccccc2)C(=O)NC2CCCCC2)CC1. The van der Waals surface area contributed by atoms with Crippen molar-refractivity contribution in [1.29, 1.82) is 0 Å². The maximum atomic E-state index is 13.9. The van der Waals surface area contributed by atoms with E-state index in [1.54, 1.807) is 12.1 Å². The predicted octanol–water partition coefficient (Wildman–Crippen LogP) is 6.08. The molecule has 3 N–H and O–H groups in total. The first-order valence-corrected chi connectivity index (χ1v) is 14.9. The molecule has 0 heterocycles. The van der Waals surface area contributed by atoms with Crippen molar-refractivity contribution in [3.05, 3.63) is 83.1 Å². The first-order chi connectivity index (χ1) is 19.2. The smallest absolute Gasteiger partial charge is 0.268 e. The van der Waals surface area contributed by atoms with E-state index in [1.807, 2.05) is 48.5 Å². The minimum atomic E-state index is -0.744. The zero-order valence-corrected chi connectivity index (χ0v) is 24.3. The second-order valence-corrected chi connectivity index (χ2v) is 12.5. The molecule has 6 heteroatoms. The van der Waals surface area contributed by atoms with Crippen LogP contribution in [0.25, 0.3) is 0 Å². The Morgan fingerprint density at radius 2 is 1.43 bits per heavy atom. The average molecular weight is 544 g/mol. The Kier molecular flexibility index (Phi) is 10.2. The van der Waals surface area contributed by atoms with E-state index in [0.717, 1.165) is 62.5 Å². The van der Waals surface area contributed by atoms with Crippen molar-refractivity contribution in [2.24, 2.45) is 11.3 Å². The van der Waals surface area contributed by atoms with E-state index in [0.29, 0.717) is 23.6 Å². The first kappa shape index (κ1) is 29.6. The van der Waals surface area contributed by atoms with E-state index in [4.69, 9.17) is 0 Å². The van der Waals surface area contributed by atoms with Crippen LogP contribution in [-0.4, -0.2) is 29.8 Å². The molecule has 40 heavy (non-hydrogen) atoms. The van der Waals surface area contributed by atoms with Gasteiger partial charge in [0, 0.05) is 18.0 Å². The van der Waals surface area contributed by atoms with Crippen LogP contribution in [-0.2, 0) is 16.0 Å². The van der Waals surface area contributed by atoms with Gasteiger partial charge in [0.15, 0.2) is 0 Å². The van der Waals surface area contributed by atoms with Gasteiger partial charge in [-0.15, -0.1) is 0 Å². The first-order valence-electron chi connectivity index (χ1n) is 14.9. The molecule has 2 aromatic rings. The monoisotopic (exact) mass is 543 g/mol. The van der Waals surface area contributed by atoms with E-state index in [2.05, 4.69) is 36.7 Å². The van der Waals surface area contributed by atoms with Crippen LogP contribution in [0.3, 0.4) is 0 Å². The Balaban J connectivity index is 1.57. The van der Waals surface area contributed by atoms with Crippen LogP contribution < -0.4 is 16.0 Å². The number of carbonyl (C=O) groups is 3. The van der Waals surface area contributed by atoms with Gasteiger partial charge in [-0.3, -0.25) is 14.4 Å². The summed E-state index contributed by atoms with van der Waals surface area (Å²) in [4.78, 5) is 40.6. The molecule has 1 atom stereocenters. The molecule has 2 aromatic carbocycles. The number of nitrogens with one attached hydrogen (secondary N) is 3. The quantitative estimate of drug-likeness (QED) is 0.353. The number of amides is 3. The molecule has 0 aromatic heterocycles. The highest BCUT2D eigenvalue weighted by Crippen LogP contribution is 2.40. The third-order valence-corrected chi connectivity index (χ3v) is 8.53. The molecule has 2 aliphatic carbocycles. The van der Waals surface area contributed by atoms with Crippen molar-refractivity contribution in [2.45, 2.75) is 97.1 Å². The standard InChI is InChI=1S/C34H45N3O3/c1-34(2,3)27-21-19-25(20-22-27)30(37-31(38)26-15-9-5-10-16-26)33(40)36-29(23-24-13-7-4-8-14-24)32(39)35-28-17-11-6-12-18-28/h4-5,7-10,13-16,27-29H,6,11-12,17-23H2,1-3H3,(H,35,39)(H,36,40)(H,37,38)/t27?,29-/m0/s1. The lowest BCUT2D eigenvalue weighted by atomic mass is 9.71. The predicted molar refractivity (Wildman–Crippen MR) is 159 cm³/mol. The largest absolute Gasteiger partial charge is 0.352 e. The van der Waals surface area contributed by atoms with Gasteiger partial charge < -0.3 is 16.0 Å². The van der Waals surface area contributed by atoms with E-state index < -0.39 is 11.9 Å². The summed E-state index contributed by atoms with van der Waals surface area (Å²) in [6, 6.07) is 18.1. The van der Waals surface area contributed by atoms with Gasteiger partial charge >= 0.3 is 0 Å². The minimum absolute atomic E-state index is 0.139. The van der Waals surface area contributed by atoms with Crippen molar-refractivity contribution in [3.8, 4) is 0 Å². The summed E-state index contributed by atoms with van der Waals surface area (Å²) in [5, 5.41) is 9.16. The Labute approximate surface area is 239 Å². The van der Waals surface area contributed by atoms with E-state index >= 15 is 0 Å². The molecule has 0 aliphatic heterocycles. The third-order valence-electron chi connectivity index (χ3n) is 8.53. The maximum Gasteiger partial charge on any atom is 0.268 e. The van der Waals surface area contributed by atoms with Crippen LogP contribution in [0.5, 0.6) is 0 Å². The topological polar surface area (TPSA) is 87.3 Å². The van der Waals surface area contributed by atoms with Gasteiger partial charge in [-0.1, -0.05) is 88.6 Å².